The fourth-order valence-electron chi connectivity index (χ4n) is 6.47. The van der Waals surface area contributed by atoms with Crippen molar-refractivity contribution in [2.45, 2.75) is 31.6 Å². The number of hydrogen-bond donors (Lipinski definition) is 6. The predicted octanol–water partition coefficient (Wildman–Crippen LogP) is 8.47. The Balaban J connectivity index is 0.787. The average Bonchev–Trinajstić information content (AvgIpc) is 4.22. The monoisotopic (exact) mass is 955 g/mol. The van der Waals surface area contributed by atoms with Crippen molar-refractivity contribution in [1.82, 2.24) is 50.0 Å². The second-order valence-corrected chi connectivity index (χ2v) is 17.2. The van der Waals surface area contributed by atoms with Gasteiger partial charge in [-0.1, -0.05) is 90.6 Å². The normalized spacial score (nSPS) is 11.3. The van der Waals surface area contributed by atoms with E-state index < -0.39 is 5.56 Å². The van der Waals surface area contributed by atoms with Crippen LogP contribution in [0.25, 0.3) is 38.9 Å². The first-order chi connectivity index (χ1) is 32.9. The molecule has 0 saturated carbocycles. The molecule has 5 heterocycles. The van der Waals surface area contributed by atoms with E-state index in [1.54, 1.807) is 40.2 Å². The molecule has 0 bridgehead atoms. The number of H-pyrrole nitrogens is 1. The van der Waals surface area contributed by atoms with Crippen molar-refractivity contribution in [2.24, 2.45) is 21.1 Å². The molecule has 0 aliphatic heterocycles. The molecule has 342 valence electrons. The lowest BCUT2D eigenvalue weighted by Gasteiger charge is -2.14. The molecule has 3 aromatic carbocycles. The van der Waals surface area contributed by atoms with Crippen LogP contribution in [0.4, 0.5) is 28.1 Å². The average molecular weight is 956 g/mol. The third-order valence-corrected chi connectivity index (χ3v) is 12.3. The number of thioether (sulfide) groups is 1. The van der Waals surface area contributed by atoms with Crippen LogP contribution in [0.15, 0.2) is 127 Å². The van der Waals surface area contributed by atoms with Crippen LogP contribution < -0.4 is 27.2 Å². The summed E-state index contributed by atoms with van der Waals surface area (Å²) in [4.78, 5) is 44.6. The van der Waals surface area contributed by atoms with Crippen LogP contribution in [-0.2, 0) is 17.8 Å². The fourth-order valence-corrected chi connectivity index (χ4v) is 8.41. The number of carbonyl (C=O) groups is 1. The van der Waals surface area contributed by atoms with Gasteiger partial charge in [-0.25, -0.2) is 30.1 Å². The van der Waals surface area contributed by atoms with Gasteiger partial charge >= 0.3 is 5.56 Å². The number of nitrogens with zero attached hydrogens (tertiary/aromatic N) is 11. The quantitative estimate of drug-likeness (QED) is 0.0152. The van der Waals surface area contributed by atoms with Gasteiger partial charge in [0.1, 0.15) is 5.69 Å². The SMILES string of the molecule is CCCSc1nc(NCCN)c(N=N)c(NCc2ccc(-c3cn(CCOCCNC(=O)c4ccc(-c5csc(-n6[nH]c(-c7ccccc7)c(N=Nc7nccs7)c6=O)n5)cc4)nn3)cc2)n1. The van der Waals surface area contributed by atoms with Crippen LogP contribution >= 0.6 is 34.4 Å². The van der Waals surface area contributed by atoms with Crippen molar-refractivity contribution in [2.75, 3.05) is 49.2 Å². The summed E-state index contributed by atoms with van der Waals surface area (Å²) in [6.45, 7) is 4.98. The van der Waals surface area contributed by atoms with Crippen LogP contribution in [0.1, 0.15) is 29.3 Å². The van der Waals surface area contributed by atoms with E-state index in [1.807, 2.05) is 78.3 Å². The maximum atomic E-state index is 13.6. The highest BCUT2D eigenvalue weighted by atomic mass is 32.2. The Labute approximate surface area is 396 Å². The first-order valence-corrected chi connectivity index (χ1v) is 23.9. The van der Waals surface area contributed by atoms with Gasteiger partial charge < -0.3 is 26.4 Å². The van der Waals surface area contributed by atoms with E-state index in [0.29, 0.717) is 95.6 Å². The van der Waals surface area contributed by atoms with Gasteiger partial charge in [-0.15, -0.1) is 38.0 Å². The van der Waals surface area contributed by atoms with E-state index in [1.165, 1.54) is 27.4 Å². The molecule has 7 N–H and O–H groups in total. The minimum atomic E-state index is -0.395. The molecule has 67 heavy (non-hydrogen) atoms. The highest BCUT2D eigenvalue weighted by molar-refractivity contribution is 7.99. The number of azo groups is 1. The van der Waals surface area contributed by atoms with Crippen LogP contribution in [-0.4, -0.2) is 89.2 Å². The van der Waals surface area contributed by atoms with Gasteiger partial charge in [0.15, 0.2) is 28.2 Å². The highest BCUT2D eigenvalue weighted by Crippen LogP contribution is 2.34. The fraction of sp³-hybridized carbons (Fsp3) is 0.227. The van der Waals surface area contributed by atoms with Crippen molar-refractivity contribution in [1.29, 1.82) is 5.53 Å². The van der Waals surface area contributed by atoms with Crippen molar-refractivity contribution >= 4 is 68.5 Å². The molecule has 0 fully saturated rings. The molecule has 20 nitrogen and oxygen atoms in total. The second kappa shape index (κ2) is 22.7. The van der Waals surface area contributed by atoms with Gasteiger partial charge in [0, 0.05) is 71.1 Å². The number of rotatable bonds is 23. The number of benzene rings is 3. The summed E-state index contributed by atoms with van der Waals surface area (Å²) in [5.74, 6) is 1.60. The first kappa shape index (κ1) is 46.2. The zero-order valence-corrected chi connectivity index (χ0v) is 38.6. The Morgan fingerprint density at radius 3 is 2.42 bits per heavy atom. The van der Waals surface area contributed by atoms with Crippen LogP contribution in [0.5, 0.6) is 0 Å². The van der Waals surface area contributed by atoms with Gasteiger partial charge in [0.2, 0.25) is 10.3 Å². The Kier molecular flexibility index (Phi) is 15.7. The van der Waals surface area contributed by atoms with Gasteiger partial charge in [-0.2, -0.15) is 9.80 Å². The zero-order valence-electron chi connectivity index (χ0n) is 36.1. The van der Waals surface area contributed by atoms with E-state index in [0.717, 1.165) is 40.1 Å². The molecule has 23 heteroatoms. The zero-order chi connectivity index (χ0) is 46.4. The Hall–Kier alpha value is -7.31. The van der Waals surface area contributed by atoms with Crippen LogP contribution in [0.2, 0.25) is 0 Å². The molecule has 0 aliphatic rings. The minimum absolute atomic E-state index is 0.147. The predicted molar refractivity (Wildman–Crippen MR) is 261 cm³/mol. The van der Waals surface area contributed by atoms with Gasteiger partial charge in [-0.3, -0.25) is 14.7 Å². The van der Waals surface area contributed by atoms with Crippen molar-refractivity contribution in [3.05, 3.63) is 123 Å². The van der Waals surface area contributed by atoms with Crippen molar-refractivity contribution < 1.29 is 9.53 Å². The Bertz CT molecular complexity index is 2970. The topological polar surface area (TPSA) is 269 Å². The van der Waals surface area contributed by atoms with E-state index in [9.17, 15) is 9.59 Å². The van der Waals surface area contributed by atoms with E-state index >= 15 is 0 Å². The number of amides is 1. The third-order valence-electron chi connectivity index (χ3n) is 9.80. The summed E-state index contributed by atoms with van der Waals surface area (Å²) in [5.41, 5.74) is 19.4. The number of nitrogens with one attached hydrogen (secondary N) is 5. The number of ether oxygens (including phenoxy) is 1. The lowest BCUT2D eigenvalue weighted by atomic mass is 10.1. The molecule has 8 aromatic rings. The molecule has 0 radical (unpaired) electrons. The minimum Gasteiger partial charge on any atom is -0.378 e. The van der Waals surface area contributed by atoms with E-state index in [2.05, 4.69) is 68.6 Å². The molecule has 0 aliphatic carbocycles. The van der Waals surface area contributed by atoms with E-state index in [-0.39, 0.29) is 11.6 Å². The van der Waals surface area contributed by atoms with Gasteiger partial charge in [0.25, 0.3) is 5.91 Å². The summed E-state index contributed by atoms with van der Waals surface area (Å²) in [6, 6.07) is 24.5. The lowest BCUT2D eigenvalue weighted by Crippen LogP contribution is -2.27. The molecule has 8 rings (SSSR count). The standard InChI is InChI=1S/C44H45N17O3S3/c1-2-23-65-43-52-38(47-17-16-45)37(54-46)39(53-43)50-25-28-8-10-29(11-9-28)33-26-60(59-55-33)20-22-64-21-18-48-40(62)32-14-12-30(13-15-32)34-27-67-44(51-34)61-41(63)36(56-57-42-49-19-24-66-42)35(58-61)31-6-4-3-5-7-31/h3-15,19,24,26-27,46,58H,2,16-18,20-23,25,45H2,1H3,(H,48,62)(H2,47,50,52,53). The van der Waals surface area contributed by atoms with Crippen LogP contribution in [0.3, 0.4) is 0 Å². The number of aromatic nitrogens is 9. The number of hydrogen-bond acceptors (Lipinski definition) is 19. The number of aromatic amines is 1. The van der Waals surface area contributed by atoms with Crippen LogP contribution in [0, 0.1) is 5.53 Å². The third kappa shape index (κ3) is 11.8. The molecule has 0 spiro atoms. The van der Waals surface area contributed by atoms with Crippen molar-refractivity contribution in [3.8, 4) is 38.9 Å². The van der Waals surface area contributed by atoms with Gasteiger partial charge in [-0.05, 0) is 24.1 Å². The second-order valence-electron chi connectivity index (χ2n) is 14.5. The number of carbonyl (C=O) groups excluding carboxylic acids is 1. The Morgan fingerprint density at radius 1 is 0.896 bits per heavy atom. The summed E-state index contributed by atoms with van der Waals surface area (Å²) < 4.78 is 8.86. The van der Waals surface area contributed by atoms with E-state index in [4.69, 9.17) is 21.0 Å². The largest absolute Gasteiger partial charge is 0.378 e. The maximum Gasteiger partial charge on any atom is 0.301 e. The maximum absolute atomic E-state index is 13.6. The smallest absolute Gasteiger partial charge is 0.301 e. The Morgan fingerprint density at radius 2 is 1.67 bits per heavy atom. The number of thiazole rings is 2. The lowest BCUT2D eigenvalue weighted by molar-refractivity contribution is 0.0905. The molecule has 0 saturated heterocycles. The summed E-state index contributed by atoms with van der Waals surface area (Å²) in [5, 5.41) is 38.4. The van der Waals surface area contributed by atoms with Gasteiger partial charge in [0.05, 0.1) is 37.3 Å². The molecular formula is C44H45N17O3S3. The summed E-state index contributed by atoms with van der Waals surface area (Å²) in [7, 11) is 0. The molecular weight excluding hydrogens is 911 g/mol. The highest BCUT2D eigenvalue weighted by Gasteiger charge is 2.20. The van der Waals surface area contributed by atoms with Crippen molar-refractivity contribution in [3.63, 3.8) is 0 Å². The summed E-state index contributed by atoms with van der Waals surface area (Å²) >= 11 is 4.16. The molecule has 0 unspecified atom stereocenters. The summed E-state index contributed by atoms with van der Waals surface area (Å²) in [6.07, 6.45) is 4.47. The number of nitrogens with two attached hydrogens (primary N) is 1. The molecule has 1 amide bonds. The molecule has 5 aromatic heterocycles. The number of anilines is 2. The first-order valence-electron chi connectivity index (χ1n) is 21.1. The molecule has 0 atom stereocenters.